The van der Waals surface area contributed by atoms with Gasteiger partial charge in [-0.3, -0.25) is 0 Å². The number of primary sulfonamides is 2. The fourth-order valence-corrected chi connectivity index (χ4v) is 1.46. The van der Waals surface area contributed by atoms with Gasteiger partial charge in [0, 0.05) is 0 Å². The summed E-state index contributed by atoms with van der Waals surface area (Å²) in [7, 11) is -11.0. The second-order valence-electron chi connectivity index (χ2n) is 1.55. The van der Waals surface area contributed by atoms with Gasteiger partial charge in [0.25, 0.3) is 20.0 Å². The van der Waals surface area contributed by atoms with E-state index in [4.69, 9.17) is 0 Å². The molecular weight excluding hydrogens is 206 g/mol. The summed E-state index contributed by atoms with van der Waals surface area (Å²) in [4.78, 5) is 0. The van der Waals surface area contributed by atoms with Gasteiger partial charge in [-0.05, 0) is 0 Å². The second kappa shape index (κ2) is 2.33. The Labute approximate surface area is 61.3 Å². The van der Waals surface area contributed by atoms with Crippen molar-refractivity contribution in [2.45, 2.75) is 4.59 Å². The summed E-state index contributed by atoms with van der Waals surface area (Å²) in [5.74, 6) is 0. The smallest absolute Gasteiger partial charge is 0.222 e. The van der Waals surface area contributed by atoms with Crippen LogP contribution in [0.4, 0.5) is 8.78 Å². The van der Waals surface area contributed by atoms with Crippen molar-refractivity contribution < 1.29 is 25.6 Å². The van der Waals surface area contributed by atoms with Gasteiger partial charge >= 0.3 is 4.59 Å². The number of nitrogens with two attached hydrogens (primary N) is 2. The largest absolute Gasteiger partial charge is 0.472 e. The van der Waals surface area contributed by atoms with E-state index in [0.717, 1.165) is 0 Å². The van der Waals surface area contributed by atoms with E-state index in [2.05, 4.69) is 10.3 Å². The van der Waals surface area contributed by atoms with Gasteiger partial charge in [-0.1, -0.05) is 0 Å². The summed E-state index contributed by atoms with van der Waals surface area (Å²) in [5.41, 5.74) is 0. The highest BCUT2D eigenvalue weighted by atomic mass is 32.3. The van der Waals surface area contributed by atoms with Crippen molar-refractivity contribution in [3.63, 3.8) is 0 Å². The van der Waals surface area contributed by atoms with Crippen LogP contribution in [-0.2, 0) is 20.0 Å². The Hall–Kier alpha value is -0.320. The maximum Gasteiger partial charge on any atom is 0.472 e. The summed E-state index contributed by atoms with van der Waals surface area (Å²) in [5, 5.41) is 7.72. The molecule has 0 rings (SSSR count). The number of hydrogen-bond donors (Lipinski definition) is 2. The predicted molar refractivity (Wildman–Crippen MR) is 31.2 cm³/mol. The van der Waals surface area contributed by atoms with Crippen LogP contribution >= 0.6 is 0 Å². The first-order chi connectivity index (χ1) is 4.50. The van der Waals surface area contributed by atoms with E-state index in [1.807, 2.05) is 0 Å². The SMILES string of the molecule is NS(=O)(=O)C(F)(F)S(N)(=O)=O. The number of halogens is 2. The fourth-order valence-electron chi connectivity index (χ4n) is 0.162. The zero-order valence-corrected chi connectivity index (χ0v) is 6.49. The molecule has 0 aliphatic heterocycles. The maximum atomic E-state index is 12.0. The third-order valence-electron chi connectivity index (χ3n) is 0.662. The molecule has 0 atom stereocenters. The van der Waals surface area contributed by atoms with E-state index < -0.39 is 24.6 Å². The quantitative estimate of drug-likeness (QED) is 0.553. The molecule has 0 aromatic carbocycles. The lowest BCUT2D eigenvalue weighted by Gasteiger charge is -2.09. The van der Waals surface area contributed by atoms with Gasteiger partial charge in [0.15, 0.2) is 0 Å². The summed E-state index contributed by atoms with van der Waals surface area (Å²) < 4.78 is 58.4. The van der Waals surface area contributed by atoms with Crippen LogP contribution in [0.3, 0.4) is 0 Å². The molecule has 68 valence electrons. The molecule has 0 radical (unpaired) electrons. The Balaban J connectivity index is 5.45. The lowest BCUT2D eigenvalue weighted by Crippen LogP contribution is -2.45. The van der Waals surface area contributed by atoms with E-state index in [0.29, 0.717) is 0 Å². The summed E-state index contributed by atoms with van der Waals surface area (Å²) >= 11 is 0. The van der Waals surface area contributed by atoms with Crippen LogP contribution in [0.15, 0.2) is 0 Å². The number of hydrogen-bond acceptors (Lipinski definition) is 4. The Kier molecular flexibility index (Phi) is 2.27. The molecule has 11 heavy (non-hydrogen) atoms. The van der Waals surface area contributed by atoms with Gasteiger partial charge in [0.05, 0.1) is 0 Å². The molecule has 0 aliphatic carbocycles. The van der Waals surface area contributed by atoms with Crippen LogP contribution in [0.25, 0.3) is 0 Å². The molecule has 0 bridgehead atoms. The average Bonchev–Trinajstić information content (AvgIpc) is 1.58. The lowest BCUT2D eigenvalue weighted by atomic mass is 11.6. The molecular formula is CH4F2N2O4S2. The third-order valence-corrected chi connectivity index (χ3v) is 3.38. The number of sulfonamides is 2. The molecule has 0 spiro atoms. The van der Waals surface area contributed by atoms with Gasteiger partial charge in [0.2, 0.25) is 0 Å². The third kappa shape index (κ3) is 1.83. The van der Waals surface area contributed by atoms with Crippen molar-refractivity contribution in [1.82, 2.24) is 0 Å². The molecule has 0 saturated carbocycles. The van der Waals surface area contributed by atoms with Crippen LogP contribution < -0.4 is 10.3 Å². The first kappa shape index (κ1) is 10.7. The normalized spacial score (nSPS) is 14.9. The Bertz CT molecular complexity index is 306. The average molecular weight is 210 g/mol. The van der Waals surface area contributed by atoms with Crippen LogP contribution in [0.5, 0.6) is 0 Å². The lowest BCUT2D eigenvalue weighted by molar-refractivity contribution is 0.180. The topological polar surface area (TPSA) is 120 Å². The molecule has 6 nitrogen and oxygen atoms in total. The second-order valence-corrected chi connectivity index (χ2v) is 5.02. The van der Waals surface area contributed by atoms with Crippen molar-refractivity contribution in [3.05, 3.63) is 0 Å². The number of rotatable bonds is 2. The standard InChI is InChI=1S/CH4F2N2O4S2/c2-1(3,10(4,6)7)11(5,8)9/h(H2,4,6,7)(H2,5,8,9). The molecule has 0 amide bonds. The molecule has 0 aromatic rings. The number of alkyl halides is 2. The maximum absolute atomic E-state index is 12.0. The zero-order valence-electron chi connectivity index (χ0n) is 4.86. The van der Waals surface area contributed by atoms with E-state index in [1.165, 1.54) is 0 Å². The first-order valence-corrected chi connectivity index (χ1v) is 5.02. The molecule has 0 aliphatic rings. The van der Waals surface area contributed by atoms with E-state index in [9.17, 15) is 25.6 Å². The van der Waals surface area contributed by atoms with E-state index in [-0.39, 0.29) is 0 Å². The first-order valence-electron chi connectivity index (χ1n) is 1.92. The molecule has 4 N–H and O–H groups in total. The summed E-state index contributed by atoms with van der Waals surface area (Å²) in [6.45, 7) is 0. The Morgan fingerprint density at radius 3 is 1.09 bits per heavy atom. The Morgan fingerprint density at radius 2 is 1.09 bits per heavy atom. The van der Waals surface area contributed by atoms with Crippen LogP contribution in [0.1, 0.15) is 0 Å². The monoisotopic (exact) mass is 210 g/mol. The van der Waals surface area contributed by atoms with Crippen molar-refractivity contribution in [2.24, 2.45) is 10.3 Å². The highest BCUT2D eigenvalue weighted by molar-refractivity contribution is 8.07. The van der Waals surface area contributed by atoms with E-state index >= 15 is 0 Å². The van der Waals surface area contributed by atoms with Crippen LogP contribution in [0.2, 0.25) is 0 Å². The molecule has 0 saturated heterocycles. The van der Waals surface area contributed by atoms with Crippen LogP contribution in [0, 0.1) is 0 Å². The van der Waals surface area contributed by atoms with Gasteiger partial charge in [-0.2, -0.15) is 8.78 Å². The molecule has 0 fully saturated rings. The van der Waals surface area contributed by atoms with Crippen molar-refractivity contribution >= 4 is 20.0 Å². The molecule has 0 aromatic heterocycles. The minimum absolute atomic E-state index is 3.86. The Morgan fingerprint density at radius 1 is 0.909 bits per heavy atom. The van der Waals surface area contributed by atoms with Gasteiger partial charge in [-0.15, -0.1) is 0 Å². The molecule has 0 heterocycles. The van der Waals surface area contributed by atoms with Crippen LogP contribution in [-0.4, -0.2) is 21.4 Å². The fraction of sp³-hybridized carbons (Fsp3) is 1.00. The molecule has 10 heteroatoms. The van der Waals surface area contributed by atoms with Gasteiger partial charge in [-0.25, -0.2) is 27.1 Å². The minimum atomic E-state index is -5.51. The zero-order chi connectivity index (χ0) is 9.50. The molecule has 0 unspecified atom stereocenters. The van der Waals surface area contributed by atoms with E-state index in [1.54, 1.807) is 0 Å². The van der Waals surface area contributed by atoms with Crippen molar-refractivity contribution in [2.75, 3.05) is 0 Å². The highest BCUT2D eigenvalue weighted by Gasteiger charge is 2.54. The van der Waals surface area contributed by atoms with Crippen molar-refractivity contribution in [3.8, 4) is 0 Å². The summed E-state index contributed by atoms with van der Waals surface area (Å²) in [6.07, 6.45) is 0. The predicted octanol–water partition coefficient (Wildman–Crippen LogP) is -1.89. The highest BCUT2D eigenvalue weighted by Crippen LogP contribution is 2.22. The van der Waals surface area contributed by atoms with Crippen molar-refractivity contribution in [1.29, 1.82) is 0 Å². The van der Waals surface area contributed by atoms with Gasteiger partial charge < -0.3 is 0 Å². The van der Waals surface area contributed by atoms with Gasteiger partial charge in [0.1, 0.15) is 0 Å². The summed E-state index contributed by atoms with van der Waals surface area (Å²) in [6, 6.07) is 0. The minimum Gasteiger partial charge on any atom is -0.222 e.